The molecule has 0 bridgehead atoms. The van der Waals surface area contributed by atoms with Gasteiger partial charge in [0.15, 0.2) is 17.2 Å². The topological polar surface area (TPSA) is 98.6 Å². The SMILES string of the molecule is COc1cc(NC(=O)c2nnn(-c3cccc(C)c3)c2C)c(C(=O)N2CCCCC2)cc1OC. The number of rotatable bonds is 6. The molecule has 1 fully saturated rings. The van der Waals surface area contributed by atoms with E-state index in [0.717, 1.165) is 30.5 Å². The molecule has 3 aromatic rings. The van der Waals surface area contributed by atoms with Crippen molar-refractivity contribution in [3.63, 3.8) is 0 Å². The second-order valence-corrected chi connectivity index (χ2v) is 8.33. The van der Waals surface area contributed by atoms with Gasteiger partial charge < -0.3 is 19.7 Å². The summed E-state index contributed by atoms with van der Waals surface area (Å²) in [6.45, 7) is 5.14. The highest BCUT2D eigenvalue weighted by molar-refractivity contribution is 6.09. The van der Waals surface area contributed by atoms with Crippen LogP contribution in [0.4, 0.5) is 5.69 Å². The van der Waals surface area contributed by atoms with E-state index in [4.69, 9.17) is 9.47 Å². The van der Waals surface area contributed by atoms with Crippen molar-refractivity contribution < 1.29 is 19.1 Å². The van der Waals surface area contributed by atoms with E-state index in [2.05, 4.69) is 15.6 Å². The number of hydrogen-bond acceptors (Lipinski definition) is 6. The third-order valence-corrected chi connectivity index (χ3v) is 6.00. The quantitative estimate of drug-likeness (QED) is 0.597. The van der Waals surface area contributed by atoms with Gasteiger partial charge in [-0.15, -0.1) is 5.10 Å². The van der Waals surface area contributed by atoms with Crippen molar-refractivity contribution in [2.24, 2.45) is 0 Å². The standard InChI is InChI=1S/C25H29N5O4/c1-16-9-8-10-18(13-16)30-17(2)23(27-28-30)24(31)26-20-15-22(34-4)21(33-3)14-19(20)25(32)29-11-6-5-7-12-29/h8-10,13-15H,5-7,11-12H2,1-4H3,(H,26,31). The highest BCUT2D eigenvalue weighted by Crippen LogP contribution is 2.34. The molecule has 0 unspecified atom stereocenters. The van der Waals surface area contributed by atoms with Crippen LogP contribution in [0.3, 0.4) is 0 Å². The first kappa shape index (κ1) is 23.3. The Bertz CT molecular complexity index is 1210. The second kappa shape index (κ2) is 9.94. The lowest BCUT2D eigenvalue weighted by Gasteiger charge is -2.28. The number of amides is 2. The van der Waals surface area contributed by atoms with E-state index in [0.29, 0.717) is 41.5 Å². The normalized spacial score (nSPS) is 13.5. The fourth-order valence-electron chi connectivity index (χ4n) is 4.15. The van der Waals surface area contributed by atoms with Crippen LogP contribution in [0.1, 0.15) is 51.4 Å². The Morgan fingerprint density at radius 3 is 2.35 bits per heavy atom. The minimum absolute atomic E-state index is 0.156. The van der Waals surface area contributed by atoms with Crippen molar-refractivity contribution in [3.8, 4) is 17.2 Å². The highest BCUT2D eigenvalue weighted by Gasteiger charge is 2.26. The maximum Gasteiger partial charge on any atom is 0.278 e. The predicted molar refractivity (Wildman–Crippen MR) is 128 cm³/mol. The number of methoxy groups -OCH3 is 2. The number of likely N-dealkylation sites (tertiary alicyclic amines) is 1. The molecule has 2 aromatic carbocycles. The lowest BCUT2D eigenvalue weighted by molar-refractivity contribution is 0.0725. The van der Waals surface area contributed by atoms with Crippen LogP contribution in [0.2, 0.25) is 0 Å². The van der Waals surface area contributed by atoms with Crippen molar-refractivity contribution in [2.75, 3.05) is 32.6 Å². The summed E-state index contributed by atoms with van der Waals surface area (Å²) in [5.74, 6) is 0.211. The number of hydrogen-bond donors (Lipinski definition) is 1. The van der Waals surface area contributed by atoms with Crippen LogP contribution in [0, 0.1) is 13.8 Å². The van der Waals surface area contributed by atoms with Crippen molar-refractivity contribution in [1.29, 1.82) is 0 Å². The van der Waals surface area contributed by atoms with Crippen LogP contribution < -0.4 is 14.8 Å². The number of nitrogens with one attached hydrogen (secondary N) is 1. The second-order valence-electron chi connectivity index (χ2n) is 8.33. The summed E-state index contributed by atoms with van der Waals surface area (Å²) in [5, 5.41) is 11.1. The Hall–Kier alpha value is -3.88. The van der Waals surface area contributed by atoms with Gasteiger partial charge in [0.1, 0.15) is 0 Å². The van der Waals surface area contributed by atoms with E-state index in [9.17, 15) is 9.59 Å². The first-order chi connectivity index (χ1) is 16.4. The fraction of sp³-hybridized carbons (Fsp3) is 0.360. The number of carbonyl (C=O) groups is 2. The summed E-state index contributed by atoms with van der Waals surface area (Å²) >= 11 is 0. The van der Waals surface area contributed by atoms with Gasteiger partial charge in [-0.05, 0) is 56.9 Å². The van der Waals surface area contributed by atoms with E-state index >= 15 is 0 Å². The van der Waals surface area contributed by atoms with Crippen molar-refractivity contribution >= 4 is 17.5 Å². The lowest BCUT2D eigenvalue weighted by Crippen LogP contribution is -2.36. The number of benzene rings is 2. The largest absolute Gasteiger partial charge is 0.493 e. The van der Waals surface area contributed by atoms with Gasteiger partial charge in [0.2, 0.25) is 0 Å². The molecule has 1 aromatic heterocycles. The summed E-state index contributed by atoms with van der Waals surface area (Å²) in [6, 6.07) is 11.0. The number of carbonyl (C=O) groups excluding carboxylic acids is 2. The zero-order chi connectivity index (χ0) is 24.2. The number of anilines is 1. The smallest absolute Gasteiger partial charge is 0.278 e. The van der Waals surface area contributed by atoms with Crippen LogP contribution >= 0.6 is 0 Å². The first-order valence-corrected chi connectivity index (χ1v) is 11.3. The maximum atomic E-state index is 13.3. The minimum atomic E-state index is -0.462. The molecule has 9 heteroatoms. The molecule has 4 rings (SSSR count). The van der Waals surface area contributed by atoms with Gasteiger partial charge in [0, 0.05) is 19.2 Å². The van der Waals surface area contributed by atoms with Crippen LogP contribution in [0.25, 0.3) is 5.69 Å². The third-order valence-electron chi connectivity index (χ3n) is 6.00. The highest BCUT2D eigenvalue weighted by atomic mass is 16.5. The summed E-state index contributed by atoms with van der Waals surface area (Å²) in [5.41, 5.74) is 3.33. The van der Waals surface area contributed by atoms with Crippen LogP contribution in [-0.4, -0.2) is 59.0 Å². The molecule has 1 N–H and O–H groups in total. The molecule has 1 aliphatic heterocycles. The van der Waals surface area contributed by atoms with E-state index in [1.807, 2.05) is 31.2 Å². The Morgan fingerprint density at radius 1 is 0.971 bits per heavy atom. The Balaban J connectivity index is 1.67. The molecular weight excluding hydrogens is 434 g/mol. The van der Waals surface area contributed by atoms with E-state index < -0.39 is 5.91 Å². The number of ether oxygens (including phenoxy) is 2. The van der Waals surface area contributed by atoms with Crippen molar-refractivity contribution in [3.05, 3.63) is 58.9 Å². The van der Waals surface area contributed by atoms with Crippen molar-refractivity contribution in [1.82, 2.24) is 19.9 Å². The zero-order valence-electron chi connectivity index (χ0n) is 19.9. The molecule has 0 atom stereocenters. The number of aryl methyl sites for hydroxylation is 1. The minimum Gasteiger partial charge on any atom is -0.493 e. The molecule has 0 aliphatic carbocycles. The lowest BCUT2D eigenvalue weighted by atomic mass is 10.1. The zero-order valence-corrected chi connectivity index (χ0v) is 19.9. The Morgan fingerprint density at radius 2 is 1.68 bits per heavy atom. The summed E-state index contributed by atoms with van der Waals surface area (Å²) in [6.07, 6.45) is 3.03. The predicted octanol–water partition coefficient (Wildman–Crippen LogP) is 3.78. The van der Waals surface area contributed by atoms with Gasteiger partial charge in [-0.25, -0.2) is 4.68 Å². The van der Waals surface area contributed by atoms with Gasteiger partial charge in [-0.3, -0.25) is 9.59 Å². The molecule has 2 amide bonds. The summed E-state index contributed by atoms with van der Waals surface area (Å²) in [4.78, 5) is 28.4. The summed E-state index contributed by atoms with van der Waals surface area (Å²) in [7, 11) is 3.02. The maximum absolute atomic E-state index is 13.3. The molecule has 178 valence electrons. The van der Waals surface area contributed by atoms with E-state index in [-0.39, 0.29) is 11.6 Å². The molecule has 34 heavy (non-hydrogen) atoms. The van der Waals surface area contributed by atoms with E-state index in [1.54, 1.807) is 28.6 Å². The Labute approximate surface area is 198 Å². The molecule has 0 spiro atoms. The number of aromatic nitrogens is 3. The van der Waals surface area contributed by atoms with Gasteiger partial charge in [-0.2, -0.15) is 0 Å². The van der Waals surface area contributed by atoms with Gasteiger partial charge in [-0.1, -0.05) is 17.3 Å². The molecule has 1 saturated heterocycles. The monoisotopic (exact) mass is 463 g/mol. The van der Waals surface area contributed by atoms with Crippen LogP contribution in [-0.2, 0) is 0 Å². The fourth-order valence-corrected chi connectivity index (χ4v) is 4.15. The average molecular weight is 464 g/mol. The van der Waals surface area contributed by atoms with Gasteiger partial charge in [0.25, 0.3) is 11.8 Å². The van der Waals surface area contributed by atoms with Gasteiger partial charge in [0.05, 0.1) is 36.9 Å². The Kier molecular flexibility index (Phi) is 6.81. The molecule has 9 nitrogen and oxygen atoms in total. The average Bonchev–Trinajstić information content (AvgIpc) is 3.25. The third kappa shape index (κ3) is 4.59. The number of nitrogens with zero attached hydrogens (tertiary/aromatic N) is 4. The molecule has 0 radical (unpaired) electrons. The van der Waals surface area contributed by atoms with E-state index in [1.165, 1.54) is 14.2 Å². The van der Waals surface area contributed by atoms with Crippen molar-refractivity contribution in [2.45, 2.75) is 33.1 Å². The molecule has 0 saturated carbocycles. The summed E-state index contributed by atoms with van der Waals surface area (Å²) < 4.78 is 12.4. The molecular formula is C25H29N5O4. The molecule has 2 heterocycles. The van der Waals surface area contributed by atoms with Crippen LogP contribution in [0.15, 0.2) is 36.4 Å². The number of piperidine rings is 1. The molecule has 1 aliphatic rings. The van der Waals surface area contributed by atoms with Crippen LogP contribution in [0.5, 0.6) is 11.5 Å². The van der Waals surface area contributed by atoms with Gasteiger partial charge >= 0.3 is 0 Å². The first-order valence-electron chi connectivity index (χ1n) is 11.3.